The van der Waals surface area contributed by atoms with Crippen molar-refractivity contribution in [2.75, 3.05) is 5.32 Å². The van der Waals surface area contributed by atoms with Crippen LogP contribution in [0.15, 0.2) is 53.4 Å². The number of carbonyl (C=O) groups is 1. The number of amides is 1. The SMILES string of the molecule is Cc1cc(C(=O)Nc2ccc(C)c(S(N)(=O)=O)c2)c2ccccc2n1. The van der Waals surface area contributed by atoms with E-state index in [1.165, 1.54) is 6.07 Å². The van der Waals surface area contributed by atoms with Gasteiger partial charge >= 0.3 is 0 Å². The maximum absolute atomic E-state index is 12.7. The monoisotopic (exact) mass is 355 g/mol. The third-order valence-electron chi connectivity index (χ3n) is 3.84. The molecular formula is C18H17N3O3S. The molecule has 0 saturated carbocycles. The van der Waals surface area contributed by atoms with E-state index in [2.05, 4.69) is 10.3 Å². The van der Waals surface area contributed by atoms with Gasteiger partial charge < -0.3 is 5.32 Å². The first-order valence-corrected chi connectivity index (χ1v) is 9.11. The third kappa shape index (κ3) is 3.52. The molecule has 3 N–H and O–H groups in total. The van der Waals surface area contributed by atoms with Gasteiger partial charge in [-0.1, -0.05) is 24.3 Å². The lowest BCUT2D eigenvalue weighted by atomic mass is 10.1. The molecule has 128 valence electrons. The van der Waals surface area contributed by atoms with Crippen molar-refractivity contribution in [3.63, 3.8) is 0 Å². The van der Waals surface area contributed by atoms with Crippen LogP contribution >= 0.6 is 0 Å². The maximum Gasteiger partial charge on any atom is 0.256 e. The zero-order chi connectivity index (χ0) is 18.2. The average Bonchev–Trinajstić information content (AvgIpc) is 2.54. The molecule has 0 unspecified atom stereocenters. The molecule has 1 aromatic heterocycles. The Labute approximate surface area is 145 Å². The predicted octanol–water partition coefficient (Wildman–Crippen LogP) is 2.75. The molecule has 7 heteroatoms. The first kappa shape index (κ1) is 17.1. The largest absolute Gasteiger partial charge is 0.322 e. The van der Waals surface area contributed by atoms with Crippen molar-refractivity contribution in [3.05, 3.63) is 65.4 Å². The molecule has 1 amide bonds. The summed E-state index contributed by atoms with van der Waals surface area (Å²) in [5.74, 6) is -0.342. The zero-order valence-electron chi connectivity index (χ0n) is 13.8. The molecule has 3 rings (SSSR count). The van der Waals surface area contributed by atoms with Crippen LogP contribution in [0.2, 0.25) is 0 Å². The average molecular weight is 355 g/mol. The van der Waals surface area contributed by atoms with E-state index < -0.39 is 10.0 Å². The van der Waals surface area contributed by atoms with Gasteiger partial charge in [0.05, 0.1) is 16.0 Å². The molecule has 0 fully saturated rings. The summed E-state index contributed by atoms with van der Waals surface area (Å²) in [6.45, 7) is 3.46. The lowest BCUT2D eigenvalue weighted by molar-refractivity contribution is 0.102. The topological polar surface area (TPSA) is 102 Å². The van der Waals surface area contributed by atoms with E-state index in [0.717, 1.165) is 16.6 Å². The van der Waals surface area contributed by atoms with Crippen molar-refractivity contribution < 1.29 is 13.2 Å². The van der Waals surface area contributed by atoms with Gasteiger partial charge in [0.2, 0.25) is 10.0 Å². The number of nitrogens with zero attached hydrogens (tertiary/aromatic N) is 1. The Morgan fingerprint density at radius 2 is 1.80 bits per heavy atom. The zero-order valence-corrected chi connectivity index (χ0v) is 14.6. The minimum atomic E-state index is -3.86. The van der Waals surface area contributed by atoms with Gasteiger partial charge in [-0.05, 0) is 43.7 Å². The summed E-state index contributed by atoms with van der Waals surface area (Å²) in [6.07, 6.45) is 0. The van der Waals surface area contributed by atoms with Crippen LogP contribution in [-0.4, -0.2) is 19.3 Å². The number of aromatic nitrogens is 1. The molecule has 0 aliphatic rings. The molecule has 0 spiro atoms. The Morgan fingerprint density at radius 3 is 2.52 bits per heavy atom. The molecule has 0 radical (unpaired) electrons. The summed E-state index contributed by atoms with van der Waals surface area (Å²) in [4.78, 5) is 17.1. The van der Waals surface area contributed by atoms with Gasteiger partial charge in [-0.15, -0.1) is 0 Å². The Kier molecular flexibility index (Phi) is 4.28. The number of hydrogen-bond acceptors (Lipinski definition) is 4. The van der Waals surface area contributed by atoms with Crippen molar-refractivity contribution in [1.82, 2.24) is 4.98 Å². The molecule has 0 aliphatic carbocycles. The highest BCUT2D eigenvalue weighted by molar-refractivity contribution is 7.89. The number of pyridine rings is 1. The van der Waals surface area contributed by atoms with Crippen molar-refractivity contribution in [2.24, 2.45) is 5.14 Å². The second-order valence-electron chi connectivity index (χ2n) is 5.81. The number of sulfonamides is 1. The fourth-order valence-corrected chi connectivity index (χ4v) is 3.49. The van der Waals surface area contributed by atoms with Crippen LogP contribution in [0.1, 0.15) is 21.6 Å². The maximum atomic E-state index is 12.7. The highest BCUT2D eigenvalue weighted by atomic mass is 32.2. The van der Waals surface area contributed by atoms with Gasteiger partial charge in [0.1, 0.15) is 0 Å². The summed E-state index contributed by atoms with van der Waals surface area (Å²) in [5.41, 5.74) is 2.80. The van der Waals surface area contributed by atoms with Crippen LogP contribution in [0, 0.1) is 13.8 Å². The van der Waals surface area contributed by atoms with E-state index in [1.54, 1.807) is 25.1 Å². The molecule has 25 heavy (non-hydrogen) atoms. The number of primary sulfonamides is 1. The Morgan fingerprint density at radius 1 is 1.08 bits per heavy atom. The van der Waals surface area contributed by atoms with Crippen LogP contribution in [-0.2, 0) is 10.0 Å². The first-order valence-electron chi connectivity index (χ1n) is 7.57. The van der Waals surface area contributed by atoms with Gasteiger partial charge in [-0.3, -0.25) is 9.78 Å². The van der Waals surface area contributed by atoms with E-state index in [0.29, 0.717) is 16.8 Å². The molecule has 2 aromatic carbocycles. The van der Waals surface area contributed by atoms with Crippen LogP contribution in [0.4, 0.5) is 5.69 Å². The van der Waals surface area contributed by atoms with Crippen molar-refractivity contribution in [2.45, 2.75) is 18.7 Å². The fourth-order valence-electron chi connectivity index (χ4n) is 2.68. The second-order valence-corrected chi connectivity index (χ2v) is 7.34. The molecule has 0 bridgehead atoms. The molecule has 0 atom stereocenters. The summed E-state index contributed by atoms with van der Waals surface area (Å²) in [5, 5.41) is 8.67. The lowest BCUT2D eigenvalue weighted by Crippen LogP contribution is -2.16. The number of hydrogen-bond donors (Lipinski definition) is 2. The van der Waals surface area contributed by atoms with Gasteiger partial charge in [0.15, 0.2) is 0 Å². The van der Waals surface area contributed by atoms with Crippen LogP contribution in [0.25, 0.3) is 10.9 Å². The predicted molar refractivity (Wildman–Crippen MR) is 97.0 cm³/mol. The standard InChI is InChI=1S/C18H17N3O3S/c1-11-7-8-13(10-17(11)25(19,23)24)21-18(22)15-9-12(2)20-16-6-4-3-5-14(15)16/h3-10H,1-2H3,(H,21,22)(H2,19,23,24). The molecule has 1 heterocycles. The van der Waals surface area contributed by atoms with Gasteiger partial charge in [-0.25, -0.2) is 13.6 Å². The minimum absolute atomic E-state index is 0.0129. The van der Waals surface area contributed by atoms with Crippen molar-refractivity contribution in [3.8, 4) is 0 Å². The Balaban J connectivity index is 2.02. The molecule has 0 aliphatic heterocycles. The Bertz CT molecular complexity index is 1090. The number of carbonyl (C=O) groups excluding carboxylic acids is 1. The van der Waals surface area contributed by atoms with Crippen molar-refractivity contribution in [1.29, 1.82) is 0 Å². The molecule has 6 nitrogen and oxygen atoms in total. The summed E-state index contributed by atoms with van der Waals surface area (Å²) in [7, 11) is -3.86. The number of fused-ring (bicyclic) bond motifs is 1. The molecule has 3 aromatic rings. The van der Waals surface area contributed by atoms with Gasteiger partial charge in [0, 0.05) is 16.8 Å². The summed E-state index contributed by atoms with van der Waals surface area (Å²) >= 11 is 0. The number of para-hydroxylation sites is 1. The van der Waals surface area contributed by atoms with Crippen LogP contribution < -0.4 is 10.5 Å². The highest BCUT2D eigenvalue weighted by Crippen LogP contribution is 2.22. The highest BCUT2D eigenvalue weighted by Gasteiger charge is 2.15. The number of nitrogens with one attached hydrogen (secondary N) is 1. The van der Waals surface area contributed by atoms with E-state index in [-0.39, 0.29) is 10.8 Å². The second kappa shape index (κ2) is 6.27. The number of rotatable bonds is 3. The van der Waals surface area contributed by atoms with Crippen LogP contribution in [0.5, 0.6) is 0 Å². The lowest BCUT2D eigenvalue weighted by Gasteiger charge is -2.11. The number of anilines is 1. The third-order valence-corrected chi connectivity index (χ3v) is 4.89. The van der Waals surface area contributed by atoms with Crippen molar-refractivity contribution >= 4 is 32.5 Å². The Hall–Kier alpha value is -2.77. The minimum Gasteiger partial charge on any atom is -0.322 e. The van der Waals surface area contributed by atoms with Gasteiger partial charge in [0.25, 0.3) is 5.91 Å². The molecular weight excluding hydrogens is 338 g/mol. The molecule has 0 saturated heterocycles. The quantitative estimate of drug-likeness (QED) is 0.754. The first-order chi connectivity index (χ1) is 11.8. The van der Waals surface area contributed by atoms with E-state index in [1.807, 2.05) is 31.2 Å². The summed E-state index contributed by atoms with van der Waals surface area (Å²) < 4.78 is 23.3. The van der Waals surface area contributed by atoms with Crippen LogP contribution in [0.3, 0.4) is 0 Å². The summed E-state index contributed by atoms with van der Waals surface area (Å²) in [6, 6.07) is 13.6. The van der Waals surface area contributed by atoms with E-state index in [4.69, 9.17) is 5.14 Å². The number of nitrogens with two attached hydrogens (primary N) is 1. The smallest absolute Gasteiger partial charge is 0.256 e. The number of benzene rings is 2. The number of aryl methyl sites for hydroxylation is 2. The van der Waals surface area contributed by atoms with Gasteiger partial charge in [-0.2, -0.15) is 0 Å². The van der Waals surface area contributed by atoms with E-state index >= 15 is 0 Å². The fraction of sp³-hybridized carbons (Fsp3) is 0.111. The normalized spacial score (nSPS) is 11.5. The van der Waals surface area contributed by atoms with E-state index in [9.17, 15) is 13.2 Å².